The second-order valence-electron chi connectivity index (χ2n) is 5.74. The Morgan fingerprint density at radius 3 is 2.71 bits per heavy atom. The van der Waals surface area contributed by atoms with Crippen LogP contribution in [0.5, 0.6) is 0 Å². The van der Waals surface area contributed by atoms with Crippen LogP contribution in [0.2, 0.25) is 0 Å². The molecule has 1 aliphatic rings. The molecule has 0 atom stereocenters. The van der Waals surface area contributed by atoms with Crippen LogP contribution in [0.15, 0.2) is 23.1 Å². The maximum Gasteiger partial charge on any atom is 0.246 e. The minimum Gasteiger partial charge on any atom is -0.316 e. The van der Waals surface area contributed by atoms with Crippen LogP contribution in [0.1, 0.15) is 19.4 Å². The molecule has 7 heteroatoms. The summed E-state index contributed by atoms with van der Waals surface area (Å²) >= 11 is 1.74. The van der Waals surface area contributed by atoms with E-state index >= 15 is 0 Å². The van der Waals surface area contributed by atoms with Crippen LogP contribution in [0.4, 0.5) is 4.39 Å². The zero-order chi connectivity index (χ0) is 15.7. The molecule has 0 unspecified atom stereocenters. The Kier molecular flexibility index (Phi) is 4.97. The van der Waals surface area contributed by atoms with Gasteiger partial charge in [-0.2, -0.15) is 16.1 Å². The monoisotopic (exact) mass is 332 g/mol. The molecule has 0 spiro atoms. The highest BCUT2D eigenvalue weighted by molar-refractivity contribution is 8.00. The van der Waals surface area contributed by atoms with E-state index in [1.54, 1.807) is 24.9 Å². The third-order valence-corrected chi connectivity index (χ3v) is 6.56. The van der Waals surface area contributed by atoms with Gasteiger partial charge in [0.1, 0.15) is 10.7 Å². The van der Waals surface area contributed by atoms with E-state index in [-0.39, 0.29) is 9.64 Å². The number of halogens is 1. The molecule has 1 heterocycles. The number of nitrogens with one attached hydrogen (secondary N) is 1. The normalized spacial score (nSPS) is 19.6. The van der Waals surface area contributed by atoms with Crippen molar-refractivity contribution in [2.75, 3.05) is 25.9 Å². The highest BCUT2D eigenvalue weighted by atomic mass is 32.2. The van der Waals surface area contributed by atoms with Gasteiger partial charge in [0.15, 0.2) is 0 Å². The van der Waals surface area contributed by atoms with E-state index in [1.165, 1.54) is 16.4 Å². The predicted octanol–water partition coefficient (Wildman–Crippen LogP) is 2.06. The van der Waals surface area contributed by atoms with Crippen molar-refractivity contribution in [1.82, 2.24) is 9.62 Å². The first-order valence-electron chi connectivity index (χ1n) is 6.83. The van der Waals surface area contributed by atoms with Crippen LogP contribution in [0.25, 0.3) is 0 Å². The first kappa shape index (κ1) is 16.7. The van der Waals surface area contributed by atoms with Crippen molar-refractivity contribution in [2.45, 2.75) is 30.0 Å². The second kappa shape index (κ2) is 6.24. The zero-order valence-corrected chi connectivity index (χ0v) is 14.2. The molecule has 0 bridgehead atoms. The highest BCUT2D eigenvalue weighted by Gasteiger charge is 2.35. The van der Waals surface area contributed by atoms with Crippen molar-refractivity contribution in [1.29, 1.82) is 0 Å². The fraction of sp³-hybridized carbons (Fsp3) is 0.571. The lowest BCUT2D eigenvalue weighted by molar-refractivity contribution is 0.385. The predicted molar refractivity (Wildman–Crippen MR) is 84.5 cm³/mol. The van der Waals surface area contributed by atoms with Gasteiger partial charge in [0.2, 0.25) is 10.0 Å². The van der Waals surface area contributed by atoms with Crippen molar-refractivity contribution >= 4 is 21.8 Å². The Morgan fingerprint density at radius 1 is 1.43 bits per heavy atom. The smallest absolute Gasteiger partial charge is 0.246 e. The van der Waals surface area contributed by atoms with E-state index in [4.69, 9.17) is 0 Å². The SMILES string of the molecule is CNCc1ccc(S(=O)(=O)N2CCSC(C)(C)C2)c(F)c1. The van der Waals surface area contributed by atoms with Gasteiger partial charge >= 0.3 is 0 Å². The number of hydrogen-bond acceptors (Lipinski definition) is 4. The van der Waals surface area contributed by atoms with Crippen LogP contribution in [0.3, 0.4) is 0 Å². The molecule has 0 radical (unpaired) electrons. The first-order chi connectivity index (χ1) is 9.76. The minimum atomic E-state index is -3.77. The summed E-state index contributed by atoms with van der Waals surface area (Å²) in [4.78, 5) is -0.231. The third kappa shape index (κ3) is 3.77. The number of sulfonamides is 1. The topological polar surface area (TPSA) is 49.4 Å². The Morgan fingerprint density at radius 2 is 2.14 bits per heavy atom. The molecular weight excluding hydrogens is 311 g/mol. The van der Waals surface area contributed by atoms with E-state index in [9.17, 15) is 12.8 Å². The Bertz CT molecular complexity index is 617. The molecule has 4 nitrogen and oxygen atoms in total. The van der Waals surface area contributed by atoms with Gasteiger partial charge in [-0.3, -0.25) is 0 Å². The van der Waals surface area contributed by atoms with Crippen molar-refractivity contribution in [2.24, 2.45) is 0 Å². The lowest BCUT2D eigenvalue weighted by Crippen LogP contribution is -2.46. The minimum absolute atomic E-state index is 0.145. The van der Waals surface area contributed by atoms with E-state index in [0.29, 0.717) is 19.6 Å². The number of hydrogen-bond donors (Lipinski definition) is 1. The van der Waals surface area contributed by atoms with Crippen LogP contribution in [-0.2, 0) is 16.6 Å². The van der Waals surface area contributed by atoms with Gasteiger partial charge < -0.3 is 5.32 Å². The zero-order valence-electron chi connectivity index (χ0n) is 12.5. The molecule has 2 rings (SSSR count). The van der Waals surface area contributed by atoms with Gasteiger partial charge in [-0.1, -0.05) is 6.07 Å². The number of thioether (sulfide) groups is 1. The average molecular weight is 332 g/mol. The molecule has 1 fully saturated rings. The van der Waals surface area contributed by atoms with Crippen molar-refractivity contribution in [3.05, 3.63) is 29.6 Å². The Labute approximate surface area is 130 Å². The largest absolute Gasteiger partial charge is 0.316 e. The summed E-state index contributed by atoms with van der Waals surface area (Å²) in [5, 5.41) is 2.91. The molecule has 1 aromatic rings. The van der Waals surface area contributed by atoms with E-state index in [2.05, 4.69) is 5.32 Å². The van der Waals surface area contributed by atoms with Crippen molar-refractivity contribution < 1.29 is 12.8 Å². The van der Waals surface area contributed by atoms with Gasteiger partial charge in [0.25, 0.3) is 0 Å². The molecular formula is C14H21FN2O2S2. The van der Waals surface area contributed by atoms with Crippen LogP contribution < -0.4 is 5.32 Å². The average Bonchev–Trinajstić information content (AvgIpc) is 2.37. The van der Waals surface area contributed by atoms with Gasteiger partial charge in [-0.15, -0.1) is 0 Å². The van der Waals surface area contributed by atoms with Crippen molar-refractivity contribution in [3.63, 3.8) is 0 Å². The van der Waals surface area contributed by atoms with Crippen LogP contribution in [0, 0.1) is 5.82 Å². The number of rotatable bonds is 4. The Balaban J connectivity index is 2.31. The lowest BCUT2D eigenvalue weighted by atomic mass is 10.2. The maximum atomic E-state index is 14.2. The molecule has 1 aliphatic heterocycles. The van der Waals surface area contributed by atoms with Crippen LogP contribution in [-0.4, -0.2) is 43.4 Å². The summed E-state index contributed by atoms with van der Waals surface area (Å²) in [7, 11) is -2.01. The molecule has 0 saturated carbocycles. The molecule has 0 amide bonds. The fourth-order valence-corrected chi connectivity index (χ4v) is 5.34. The first-order valence-corrected chi connectivity index (χ1v) is 9.26. The molecule has 1 saturated heterocycles. The quantitative estimate of drug-likeness (QED) is 0.917. The summed E-state index contributed by atoms with van der Waals surface area (Å²) in [6.07, 6.45) is 0. The van der Waals surface area contributed by atoms with Crippen LogP contribution >= 0.6 is 11.8 Å². The maximum absolute atomic E-state index is 14.2. The van der Waals surface area contributed by atoms with Gasteiger partial charge in [0.05, 0.1) is 0 Å². The Hall–Kier alpha value is -0.630. The number of benzene rings is 1. The van der Waals surface area contributed by atoms with E-state index in [0.717, 1.165) is 11.3 Å². The lowest BCUT2D eigenvalue weighted by Gasteiger charge is -2.36. The third-order valence-electron chi connectivity index (χ3n) is 3.39. The molecule has 21 heavy (non-hydrogen) atoms. The molecule has 1 aromatic carbocycles. The van der Waals surface area contributed by atoms with Gasteiger partial charge in [0, 0.05) is 30.1 Å². The fourth-order valence-electron chi connectivity index (χ4n) is 2.39. The molecule has 118 valence electrons. The highest BCUT2D eigenvalue weighted by Crippen LogP contribution is 2.33. The summed E-state index contributed by atoms with van der Waals surface area (Å²) in [6.45, 7) is 5.34. The summed E-state index contributed by atoms with van der Waals surface area (Å²) in [6, 6.07) is 4.30. The summed E-state index contributed by atoms with van der Waals surface area (Å²) in [5.74, 6) is 0.0462. The van der Waals surface area contributed by atoms with E-state index < -0.39 is 15.8 Å². The van der Waals surface area contributed by atoms with E-state index in [1.807, 2.05) is 13.8 Å². The molecule has 0 aromatic heterocycles. The number of nitrogens with zero attached hydrogens (tertiary/aromatic N) is 1. The van der Waals surface area contributed by atoms with Gasteiger partial charge in [-0.25, -0.2) is 12.8 Å². The van der Waals surface area contributed by atoms with Gasteiger partial charge in [-0.05, 0) is 38.6 Å². The summed E-state index contributed by atoms with van der Waals surface area (Å²) < 4.78 is 40.7. The summed E-state index contributed by atoms with van der Waals surface area (Å²) in [5.41, 5.74) is 0.725. The molecule has 0 aliphatic carbocycles. The second-order valence-corrected chi connectivity index (χ2v) is 9.45. The van der Waals surface area contributed by atoms with Crippen molar-refractivity contribution in [3.8, 4) is 0 Å². The standard InChI is InChI=1S/C14H21FN2O2S2/c1-14(2)10-17(6-7-20-14)21(18,19)13-5-4-11(9-16-3)8-12(13)15/h4-5,8,16H,6-7,9-10H2,1-3H3. The molecule has 1 N–H and O–H groups in total.